The van der Waals surface area contributed by atoms with Gasteiger partial charge in [0.05, 0.1) is 16.5 Å². The summed E-state index contributed by atoms with van der Waals surface area (Å²) >= 11 is 3.28. The molecule has 5 nitrogen and oxygen atoms in total. The highest BCUT2D eigenvalue weighted by Crippen LogP contribution is 2.27. The smallest absolute Gasteiger partial charge is 0.240 e. The van der Waals surface area contributed by atoms with E-state index in [0.717, 1.165) is 0 Å². The number of nitrogens with two attached hydrogens (primary N) is 1. The summed E-state index contributed by atoms with van der Waals surface area (Å²) in [7, 11) is -2.05. The first-order chi connectivity index (χ1) is 9.28. The molecule has 122 valence electrons. The molecular formula is C13H22BrClN2O3S. The van der Waals surface area contributed by atoms with Gasteiger partial charge in [-0.1, -0.05) is 13.8 Å². The molecule has 0 fully saturated rings. The van der Waals surface area contributed by atoms with Crippen LogP contribution in [0.2, 0.25) is 0 Å². The van der Waals surface area contributed by atoms with Crippen LogP contribution >= 0.6 is 28.3 Å². The summed E-state index contributed by atoms with van der Waals surface area (Å²) in [5, 5.41) is 0. The summed E-state index contributed by atoms with van der Waals surface area (Å²) in [6.45, 7) is 4.11. The van der Waals surface area contributed by atoms with Crippen molar-refractivity contribution in [2.24, 2.45) is 5.73 Å². The molecule has 0 atom stereocenters. The predicted molar refractivity (Wildman–Crippen MR) is 90.6 cm³/mol. The number of benzene rings is 1. The van der Waals surface area contributed by atoms with Gasteiger partial charge in [0.2, 0.25) is 10.0 Å². The molecule has 3 N–H and O–H groups in total. The van der Waals surface area contributed by atoms with Crippen molar-refractivity contribution in [3.63, 3.8) is 0 Å². The summed E-state index contributed by atoms with van der Waals surface area (Å²) in [6, 6.07) is 4.62. The molecule has 0 spiro atoms. The molecule has 0 heterocycles. The molecule has 0 aromatic heterocycles. The Morgan fingerprint density at radius 1 is 1.33 bits per heavy atom. The molecule has 0 saturated heterocycles. The summed E-state index contributed by atoms with van der Waals surface area (Å²) in [5.41, 5.74) is 5.58. The molecular weight excluding hydrogens is 380 g/mol. The summed E-state index contributed by atoms with van der Waals surface area (Å²) < 4.78 is 32.7. The van der Waals surface area contributed by atoms with Crippen molar-refractivity contribution in [3.8, 4) is 5.75 Å². The topological polar surface area (TPSA) is 81.4 Å². The Kier molecular flexibility index (Phi) is 8.20. The third-order valence-corrected chi connectivity index (χ3v) is 5.47. The summed E-state index contributed by atoms with van der Waals surface area (Å²) in [4.78, 5) is 0.180. The number of rotatable bonds is 7. The molecule has 0 aliphatic rings. The van der Waals surface area contributed by atoms with Crippen LogP contribution < -0.4 is 15.2 Å². The average molecular weight is 402 g/mol. The van der Waals surface area contributed by atoms with Crippen LogP contribution in [0.1, 0.15) is 26.7 Å². The third-order valence-electron chi connectivity index (χ3n) is 3.46. The Hall–Kier alpha value is -0.340. The van der Waals surface area contributed by atoms with Gasteiger partial charge in [-0.25, -0.2) is 13.1 Å². The summed E-state index contributed by atoms with van der Waals surface area (Å²) in [6.07, 6.45) is 1.41. The van der Waals surface area contributed by atoms with Gasteiger partial charge >= 0.3 is 0 Å². The molecule has 8 heteroatoms. The zero-order valence-corrected chi connectivity index (χ0v) is 15.6. The van der Waals surface area contributed by atoms with Crippen molar-refractivity contribution in [2.75, 3.05) is 13.7 Å². The highest BCUT2D eigenvalue weighted by atomic mass is 79.9. The van der Waals surface area contributed by atoms with Crippen molar-refractivity contribution in [1.82, 2.24) is 4.72 Å². The molecule has 0 aliphatic heterocycles. The molecule has 0 radical (unpaired) electrons. The lowest BCUT2D eigenvalue weighted by molar-refractivity contribution is 0.391. The van der Waals surface area contributed by atoms with Gasteiger partial charge in [-0.15, -0.1) is 12.4 Å². The largest absolute Gasteiger partial charge is 0.496 e. The lowest BCUT2D eigenvalue weighted by atomic mass is 9.95. The van der Waals surface area contributed by atoms with Crippen molar-refractivity contribution in [1.29, 1.82) is 0 Å². The maximum Gasteiger partial charge on any atom is 0.240 e. The highest BCUT2D eigenvalue weighted by Gasteiger charge is 2.24. The molecule has 21 heavy (non-hydrogen) atoms. The molecule has 0 amide bonds. The lowest BCUT2D eigenvalue weighted by Crippen LogP contribution is -2.49. The number of sulfonamides is 1. The van der Waals surface area contributed by atoms with Crippen LogP contribution in [0.4, 0.5) is 0 Å². The van der Waals surface area contributed by atoms with E-state index in [2.05, 4.69) is 20.7 Å². The van der Waals surface area contributed by atoms with Gasteiger partial charge in [-0.05, 0) is 47.0 Å². The number of nitrogens with one attached hydrogen (secondary N) is 1. The number of ether oxygens (including phenoxy) is 1. The summed E-state index contributed by atoms with van der Waals surface area (Å²) in [5.74, 6) is 0.583. The minimum Gasteiger partial charge on any atom is -0.496 e. The van der Waals surface area contributed by atoms with Gasteiger partial charge in [0.25, 0.3) is 0 Å². The van der Waals surface area contributed by atoms with E-state index in [4.69, 9.17) is 10.5 Å². The SMILES string of the molecule is CCC(N)(CC)CNS(=O)(=O)c1ccc(OC)c(Br)c1.Cl. The van der Waals surface area contributed by atoms with Gasteiger partial charge in [0, 0.05) is 12.1 Å². The average Bonchev–Trinajstić information content (AvgIpc) is 2.44. The quantitative estimate of drug-likeness (QED) is 0.736. The molecule has 1 aromatic rings. The van der Waals surface area contributed by atoms with Gasteiger partial charge in [0.1, 0.15) is 5.75 Å². The third kappa shape index (κ3) is 5.41. The fourth-order valence-electron chi connectivity index (χ4n) is 1.64. The zero-order chi connectivity index (χ0) is 15.4. The van der Waals surface area contributed by atoms with Crippen LogP contribution in [0, 0.1) is 0 Å². The lowest BCUT2D eigenvalue weighted by Gasteiger charge is -2.26. The molecule has 1 aromatic carbocycles. The van der Waals surface area contributed by atoms with E-state index >= 15 is 0 Å². The van der Waals surface area contributed by atoms with Gasteiger partial charge in [0.15, 0.2) is 0 Å². The van der Waals surface area contributed by atoms with Gasteiger partial charge in [-0.2, -0.15) is 0 Å². The van der Waals surface area contributed by atoms with Gasteiger partial charge < -0.3 is 10.5 Å². The Labute approximate surface area is 141 Å². The Bertz CT molecular complexity index is 563. The molecule has 0 unspecified atom stereocenters. The molecule has 0 aliphatic carbocycles. The van der Waals surface area contributed by atoms with Crippen LogP contribution in [-0.2, 0) is 10.0 Å². The van der Waals surface area contributed by atoms with E-state index in [1.807, 2.05) is 13.8 Å². The second-order valence-electron chi connectivity index (χ2n) is 4.69. The van der Waals surface area contributed by atoms with E-state index in [0.29, 0.717) is 23.1 Å². The van der Waals surface area contributed by atoms with Crippen LogP contribution in [0.3, 0.4) is 0 Å². The molecule has 0 bridgehead atoms. The van der Waals surface area contributed by atoms with Crippen LogP contribution in [0.15, 0.2) is 27.6 Å². The van der Waals surface area contributed by atoms with Crippen molar-refractivity contribution in [3.05, 3.63) is 22.7 Å². The standard InChI is InChI=1S/C13H21BrN2O3S.ClH/c1-4-13(15,5-2)9-16-20(17,18)10-6-7-12(19-3)11(14)8-10;/h6-8,16H,4-5,9,15H2,1-3H3;1H. The maximum absolute atomic E-state index is 12.2. The van der Waals surface area contributed by atoms with Crippen LogP contribution in [0.25, 0.3) is 0 Å². The van der Waals surface area contributed by atoms with E-state index in [1.165, 1.54) is 19.2 Å². The maximum atomic E-state index is 12.2. The van der Waals surface area contributed by atoms with Crippen LogP contribution in [0.5, 0.6) is 5.75 Å². The van der Waals surface area contributed by atoms with Crippen molar-refractivity contribution >= 4 is 38.4 Å². The van der Waals surface area contributed by atoms with Crippen molar-refractivity contribution in [2.45, 2.75) is 37.1 Å². The second-order valence-corrected chi connectivity index (χ2v) is 7.31. The minimum absolute atomic E-state index is 0. The number of hydrogen-bond acceptors (Lipinski definition) is 4. The van der Waals surface area contributed by atoms with Crippen LogP contribution in [-0.4, -0.2) is 27.6 Å². The number of methoxy groups -OCH3 is 1. The highest BCUT2D eigenvalue weighted by molar-refractivity contribution is 9.10. The minimum atomic E-state index is -3.58. The Morgan fingerprint density at radius 2 is 1.90 bits per heavy atom. The monoisotopic (exact) mass is 400 g/mol. The zero-order valence-electron chi connectivity index (χ0n) is 12.3. The second kappa shape index (κ2) is 8.33. The predicted octanol–water partition coefficient (Wildman–Crippen LogP) is 2.68. The van der Waals surface area contributed by atoms with E-state index in [9.17, 15) is 8.42 Å². The van der Waals surface area contributed by atoms with Crippen molar-refractivity contribution < 1.29 is 13.2 Å². The Morgan fingerprint density at radius 3 is 2.33 bits per heavy atom. The first kappa shape index (κ1) is 20.7. The number of hydrogen-bond donors (Lipinski definition) is 2. The first-order valence-corrected chi connectivity index (χ1v) is 8.67. The Balaban J connectivity index is 0.00000400. The fourth-order valence-corrected chi connectivity index (χ4v) is 3.49. The molecule has 1 rings (SSSR count). The fraction of sp³-hybridized carbons (Fsp3) is 0.538. The first-order valence-electron chi connectivity index (χ1n) is 6.40. The van der Waals surface area contributed by atoms with E-state index in [1.54, 1.807) is 6.07 Å². The number of halogens is 2. The van der Waals surface area contributed by atoms with Gasteiger partial charge in [-0.3, -0.25) is 0 Å². The van der Waals surface area contributed by atoms with E-state index in [-0.39, 0.29) is 23.8 Å². The van der Waals surface area contributed by atoms with E-state index < -0.39 is 15.6 Å². The normalized spacial score (nSPS) is 11.9. The molecule has 0 saturated carbocycles.